The minimum atomic E-state index is 0.165. The van der Waals surface area contributed by atoms with Gasteiger partial charge in [-0.15, -0.1) is 0 Å². The van der Waals surface area contributed by atoms with Crippen LogP contribution in [0.1, 0.15) is 129 Å². The third-order valence-corrected chi connectivity index (χ3v) is 11.1. The monoisotopic (exact) mass is 708 g/mol. The molecule has 0 aromatic heterocycles. The Morgan fingerprint density at radius 3 is 0.796 bits per heavy atom. The molecule has 0 aliphatic carbocycles. The quantitative estimate of drug-likeness (QED) is 0.120. The van der Waals surface area contributed by atoms with Gasteiger partial charge in [0.05, 0.1) is 11.4 Å². The van der Waals surface area contributed by atoms with E-state index in [0.717, 1.165) is 11.4 Å². The van der Waals surface area contributed by atoms with Crippen LogP contribution >= 0.6 is 0 Å². The molecule has 0 unspecified atom stereocenters. The fraction of sp³-hybridized carbons (Fsp3) is 0.269. The number of nitrogens with zero attached hydrogens (tertiary/aromatic N) is 2. The lowest BCUT2D eigenvalue weighted by molar-refractivity contribution is 0.881. The van der Waals surface area contributed by atoms with Crippen molar-refractivity contribution in [1.82, 2.24) is 0 Å². The number of aryl methyl sites for hydroxylation is 6. The number of aliphatic imine (C=N–C) groups is 2. The van der Waals surface area contributed by atoms with Crippen molar-refractivity contribution in [1.29, 1.82) is 0 Å². The summed E-state index contributed by atoms with van der Waals surface area (Å²) in [5.74, 6) is 0.659. The van der Waals surface area contributed by atoms with Gasteiger partial charge in [-0.2, -0.15) is 0 Å². The molecule has 0 aliphatic rings. The normalized spacial score (nSPS) is 14.0. The highest BCUT2D eigenvalue weighted by molar-refractivity contribution is 6.17. The summed E-state index contributed by atoms with van der Waals surface area (Å²) in [6.45, 7) is 22.3. The first-order valence-corrected chi connectivity index (χ1v) is 19.5. The van der Waals surface area contributed by atoms with Crippen molar-refractivity contribution in [2.24, 2.45) is 9.98 Å². The van der Waals surface area contributed by atoms with Gasteiger partial charge < -0.3 is 0 Å². The van der Waals surface area contributed by atoms with E-state index in [1.165, 1.54) is 77.9 Å². The smallest absolute Gasteiger partial charge is 0.0706 e. The van der Waals surface area contributed by atoms with Gasteiger partial charge in [-0.1, -0.05) is 182 Å². The standard InChI is InChI=1S/C52H56N2/c1-33-15-11-19-43(25-33)39(7)47-29-37(5)30-48(40(8)44-20-12-16-34(2)26-44)51(47)53-23-24-54-52-49(41(9)45-21-13-17-35(3)27-45)31-38(6)32-50(52)42(10)46-22-14-18-36(4)28-46/h11-32,39-42H,1-10H3/t39-,40-,41+,42+. The van der Waals surface area contributed by atoms with Crippen LogP contribution in [0.4, 0.5) is 11.4 Å². The summed E-state index contributed by atoms with van der Waals surface area (Å²) < 4.78 is 0. The third kappa shape index (κ3) is 8.71. The van der Waals surface area contributed by atoms with E-state index < -0.39 is 0 Å². The Bertz CT molecular complexity index is 2010. The average molecular weight is 709 g/mol. The zero-order valence-electron chi connectivity index (χ0n) is 33.9. The highest BCUT2D eigenvalue weighted by Crippen LogP contribution is 2.42. The topological polar surface area (TPSA) is 24.7 Å². The van der Waals surface area contributed by atoms with Crippen molar-refractivity contribution >= 4 is 23.8 Å². The van der Waals surface area contributed by atoms with E-state index >= 15 is 0 Å². The summed E-state index contributed by atoms with van der Waals surface area (Å²) >= 11 is 0. The Hall–Kier alpha value is -5.34. The van der Waals surface area contributed by atoms with Crippen LogP contribution in [0.25, 0.3) is 0 Å². The molecule has 0 radical (unpaired) electrons. The molecular formula is C52H56N2. The molecule has 274 valence electrons. The highest BCUT2D eigenvalue weighted by atomic mass is 14.8. The van der Waals surface area contributed by atoms with Crippen LogP contribution in [0, 0.1) is 41.5 Å². The predicted octanol–water partition coefficient (Wildman–Crippen LogP) is 14.2. The van der Waals surface area contributed by atoms with E-state index in [2.05, 4.69) is 191 Å². The van der Waals surface area contributed by atoms with Crippen molar-refractivity contribution in [2.75, 3.05) is 0 Å². The summed E-state index contributed by atoms with van der Waals surface area (Å²) in [6, 6.07) is 44.8. The summed E-state index contributed by atoms with van der Waals surface area (Å²) in [5, 5.41) is 0. The molecule has 0 fully saturated rings. The molecule has 6 aromatic carbocycles. The highest BCUT2D eigenvalue weighted by Gasteiger charge is 2.23. The second-order valence-corrected chi connectivity index (χ2v) is 15.7. The van der Waals surface area contributed by atoms with Gasteiger partial charge in [0.2, 0.25) is 0 Å². The molecule has 0 N–H and O–H groups in total. The maximum atomic E-state index is 5.33. The molecule has 0 aliphatic heterocycles. The lowest BCUT2D eigenvalue weighted by Crippen LogP contribution is -2.05. The Morgan fingerprint density at radius 1 is 0.333 bits per heavy atom. The maximum Gasteiger partial charge on any atom is 0.0706 e. The van der Waals surface area contributed by atoms with Crippen LogP contribution in [-0.4, -0.2) is 12.4 Å². The molecular weight excluding hydrogens is 653 g/mol. The van der Waals surface area contributed by atoms with Crippen molar-refractivity contribution in [3.63, 3.8) is 0 Å². The number of rotatable bonds is 11. The van der Waals surface area contributed by atoms with Gasteiger partial charge in [-0.05, 0) is 86.1 Å². The molecule has 6 aromatic rings. The molecule has 2 nitrogen and oxygen atoms in total. The summed E-state index contributed by atoms with van der Waals surface area (Å²) in [6.07, 6.45) is 3.84. The third-order valence-electron chi connectivity index (χ3n) is 11.1. The van der Waals surface area contributed by atoms with Crippen LogP contribution in [0.2, 0.25) is 0 Å². The molecule has 0 saturated heterocycles. The average Bonchev–Trinajstić information content (AvgIpc) is 3.15. The van der Waals surface area contributed by atoms with Crippen LogP contribution in [0.3, 0.4) is 0 Å². The molecule has 0 amide bonds. The zero-order chi connectivity index (χ0) is 38.5. The van der Waals surface area contributed by atoms with Crippen LogP contribution < -0.4 is 0 Å². The van der Waals surface area contributed by atoms with Gasteiger partial charge in [0, 0.05) is 36.1 Å². The van der Waals surface area contributed by atoms with Gasteiger partial charge in [0.25, 0.3) is 0 Å². The van der Waals surface area contributed by atoms with Gasteiger partial charge >= 0.3 is 0 Å². The Morgan fingerprint density at radius 2 is 0.574 bits per heavy atom. The van der Waals surface area contributed by atoms with Gasteiger partial charge in [0.1, 0.15) is 0 Å². The molecule has 54 heavy (non-hydrogen) atoms. The first-order valence-electron chi connectivity index (χ1n) is 19.5. The van der Waals surface area contributed by atoms with E-state index in [9.17, 15) is 0 Å². The molecule has 2 heteroatoms. The molecule has 0 heterocycles. The van der Waals surface area contributed by atoms with Gasteiger partial charge in [0.15, 0.2) is 0 Å². The Kier molecular flexibility index (Phi) is 11.9. The fourth-order valence-electron chi connectivity index (χ4n) is 7.98. The fourth-order valence-corrected chi connectivity index (χ4v) is 7.98. The van der Waals surface area contributed by atoms with Gasteiger partial charge in [-0.25, -0.2) is 0 Å². The number of hydrogen-bond donors (Lipinski definition) is 0. The zero-order valence-corrected chi connectivity index (χ0v) is 33.9. The molecule has 6 rings (SSSR count). The molecule has 0 spiro atoms. The van der Waals surface area contributed by atoms with Crippen LogP contribution in [0.5, 0.6) is 0 Å². The van der Waals surface area contributed by atoms with Gasteiger partial charge in [-0.3, -0.25) is 9.98 Å². The first-order chi connectivity index (χ1) is 25.9. The first kappa shape index (κ1) is 38.4. The van der Waals surface area contributed by atoms with Crippen molar-refractivity contribution in [3.8, 4) is 0 Å². The summed E-state index contributed by atoms with van der Waals surface area (Å²) in [7, 11) is 0. The second kappa shape index (κ2) is 16.8. The predicted molar refractivity (Wildman–Crippen MR) is 233 cm³/mol. The minimum Gasteiger partial charge on any atom is -0.255 e. The largest absolute Gasteiger partial charge is 0.255 e. The van der Waals surface area contributed by atoms with E-state index in [1.54, 1.807) is 0 Å². The van der Waals surface area contributed by atoms with E-state index in [-0.39, 0.29) is 23.7 Å². The van der Waals surface area contributed by atoms with Crippen LogP contribution in [-0.2, 0) is 0 Å². The van der Waals surface area contributed by atoms with Crippen LogP contribution in [0.15, 0.2) is 131 Å². The second-order valence-electron chi connectivity index (χ2n) is 15.7. The Labute approximate surface area is 324 Å². The maximum absolute atomic E-state index is 5.33. The van der Waals surface area contributed by atoms with Crippen molar-refractivity contribution < 1.29 is 0 Å². The summed E-state index contributed by atoms with van der Waals surface area (Å²) in [5.41, 5.74) is 19.7. The number of hydrogen-bond acceptors (Lipinski definition) is 2. The summed E-state index contributed by atoms with van der Waals surface area (Å²) in [4.78, 5) is 10.7. The van der Waals surface area contributed by atoms with Crippen molar-refractivity contribution in [2.45, 2.75) is 92.9 Å². The SMILES string of the molecule is Cc1cccc([C@@H](C)c2cc(C)cc([C@H](C)c3cccc(C)c3)c2N=CC=Nc2c([C@@H](C)c3cccc(C)c3)cc(C)cc2[C@@H](C)c2cccc(C)c2)c1. The minimum absolute atomic E-state index is 0.165. The molecule has 0 saturated carbocycles. The van der Waals surface area contributed by atoms with E-state index in [4.69, 9.17) is 9.98 Å². The lowest BCUT2D eigenvalue weighted by Gasteiger charge is -2.23. The Balaban J connectivity index is 1.49. The van der Waals surface area contributed by atoms with E-state index in [1.807, 2.05) is 12.4 Å². The van der Waals surface area contributed by atoms with E-state index in [0.29, 0.717) is 0 Å². The number of benzene rings is 6. The molecule has 4 atom stereocenters. The molecule has 0 bridgehead atoms. The lowest BCUT2D eigenvalue weighted by atomic mass is 9.83. The van der Waals surface area contributed by atoms with Crippen molar-refractivity contribution in [3.05, 3.63) is 199 Å².